The molecule has 0 aliphatic heterocycles. The van der Waals surface area contributed by atoms with Crippen molar-refractivity contribution in [1.29, 1.82) is 0 Å². The Bertz CT molecular complexity index is 433. The first-order valence-electron chi connectivity index (χ1n) is 5.92. The highest BCUT2D eigenvalue weighted by Gasteiger charge is 1.98. The highest BCUT2D eigenvalue weighted by molar-refractivity contribution is 7.16. The monoisotopic (exact) mass is 233 g/mol. The minimum Gasteiger partial charge on any atom is -0.494 e. The smallest absolute Gasteiger partial charge is 0.120 e. The number of fused-ring (bicyclic) bond motifs is 1. The van der Waals surface area contributed by atoms with Crippen molar-refractivity contribution in [1.82, 2.24) is 0 Å². The molecule has 0 aliphatic rings. The standard InChI is InChI=1S/C14H17OS/c1-2-3-4-5-9-15-13-7-6-12-8-10-16-14(12)11-13/h6-8,11H,2-5,9H2,1H3. The summed E-state index contributed by atoms with van der Waals surface area (Å²) in [5.41, 5.74) is 0. The number of unbranched alkanes of at least 4 members (excludes halogenated alkanes) is 3. The molecule has 85 valence electrons. The summed E-state index contributed by atoms with van der Waals surface area (Å²) in [5, 5.41) is 4.39. The third-order valence-corrected chi connectivity index (χ3v) is 3.44. The first-order chi connectivity index (χ1) is 7.90. The van der Waals surface area contributed by atoms with E-state index in [9.17, 15) is 0 Å². The molecule has 2 rings (SSSR count). The number of hydrogen-bond donors (Lipinski definition) is 0. The Morgan fingerprint density at radius 1 is 1.25 bits per heavy atom. The van der Waals surface area contributed by atoms with Gasteiger partial charge in [-0.3, -0.25) is 0 Å². The van der Waals surface area contributed by atoms with Gasteiger partial charge in [0.15, 0.2) is 0 Å². The molecule has 0 unspecified atom stereocenters. The molecule has 1 aromatic carbocycles. The summed E-state index contributed by atoms with van der Waals surface area (Å²) in [4.78, 5) is 0. The van der Waals surface area contributed by atoms with Gasteiger partial charge in [-0.25, -0.2) is 0 Å². The van der Waals surface area contributed by atoms with E-state index in [1.807, 2.05) is 12.1 Å². The Labute approximate surface area is 101 Å². The van der Waals surface area contributed by atoms with Gasteiger partial charge in [0.25, 0.3) is 0 Å². The minimum atomic E-state index is 0.834. The average molecular weight is 233 g/mol. The summed E-state index contributed by atoms with van der Waals surface area (Å²) in [6, 6.07) is 8.27. The van der Waals surface area contributed by atoms with Gasteiger partial charge in [0, 0.05) is 10.1 Å². The Hall–Kier alpha value is -1.02. The van der Waals surface area contributed by atoms with Crippen molar-refractivity contribution in [2.75, 3.05) is 6.61 Å². The van der Waals surface area contributed by atoms with Crippen LogP contribution < -0.4 is 4.74 Å². The third-order valence-electron chi connectivity index (χ3n) is 2.63. The Morgan fingerprint density at radius 3 is 3.06 bits per heavy atom. The van der Waals surface area contributed by atoms with Crippen LogP contribution in [0.3, 0.4) is 0 Å². The maximum Gasteiger partial charge on any atom is 0.120 e. The van der Waals surface area contributed by atoms with E-state index in [4.69, 9.17) is 4.74 Å². The van der Waals surface area contributed by atoms with Gasteiger partial charge in [-0.05, 0) is 36.1 Å². The molecule has 0 aliphatic carbocycles. The van der Waals surface area contributed by atoms with Gasteiger partial charge < -0.3 is 4.74 Å². The highest BCUT2D eigenvalue weighted by Crippen LogP contribution is 2.25. The van der Waals surface area contributed by atoms with Crippen molar-refractivity contribution >= 4 is 21.4 Å². The second kappa shape index (κ2) is 5.90. The Morgan fingerprint density at radius 2 is 2.19 bits per heavy atom. The zero-order chi connectivity index (χ0) is 11.2. The molecule has 0 N–H and O–H groups in total. The van der Waals surface area contributed by atoms with Crippen LogP contribution in [0.15, 0.2) is 24.3 Å². The third kappa shape index (κ3) is 2.99. The Balaban J connectivity index is 1.84. The van der Waals surface area contributed by atoms with Crippen LogP contribution in [0, 0.1) is 5.38 Å². The molecule has 0 spiro atoms. The lowest BCUT2D eigenvalue weighted by molar-refractivity contribution is 0.305. The molecule has 0 fully saturated rings. The number of thiophene rings is 1. The van der Waals surface area contributed by atoms with Gasteiger partial charge >= 0.3 is 0 Å². The molecule has 16 heavy (non-hydrogen) atoms. The molecule has 2 heteroatoms. The maximum atomic E-state index is 5.72. The number of benzene rings is 1. The van der Waals surface area contributed by atoms with Crippen molar-refractivity contribution < 1.29 is 4.74 Å². The van der Waals surface area contributed by atoms with Crippen molar-refractivity contribution in [3.05, 3.63) is 29.6 Å². The van der Waals surface area contributed by atoms with Crippen LogP contribution in [-0.4, -0.2) is 6.61 Å². The van der Waals surface area contributed by atoms with Crippen LogP contribution in [0.1, 0.15) is 32.6 Å². The molecule has 1 aromatic heterocycles. The van der Waals surface area contributed by atoms with Crippen molar-refractivity contribution in [2.45, 2.75) is 32.6 Å². The van der Waals surface area contributed by atoms with Gasteiger partial charge in [-0.2, -0.15) is 0 Å². The molecule has 0 bridgehead atoms. The van der Waals surface area contributed by atoms with Crippen molar-refractivity contribution in [3.63, 3.8) is 0 Å². The lowest BCUT2D eigenvalue weighted by atomic mass is 10.2. The second-order valence-corrected chi connectivity index (χ2v) is 4.85. The molecule has 1 radical (unpaired) electrons. The van der Waals surface area contributed by atoms with E-state index >= 15 is 0 Å². The SMILES string of the molecule is CCCCCCOc1ccc2c[c]sc2c1. The number of ether oxygens (including phenoxy) is 1. The zero-order valence-electron chi connectivity index (χ0n) is 9.66. The first-order valence-corrected chi connectivity index (χ1v) is 6.74. The van der Waals surface area contributed by atoms with Crippen LogP contribution in [0.5, 0.6) is 5.75 Å². The molecule has 0 atom stereocenters. The molecule has 0 amide bonds. The predicted molar refractivity (Wildman–Crippen MR) is 70.3 cm³/mol. The van der Waals surface area contributed by atoms with Crippen LogP contribution in [0.2, 0.25) is 0 Å². The number of rotatable bonds is 6. The molecular weight excluding hydrogens is 216 g/mol. The fourth-order valence-electron chi connectivity index (χ4n) is 1.69. The molecule has 0 saturated carbocycles. The molecule has 1 heterocycles. The van der Waals surface area contributed by atoms with E-state index in [1.165, 1.54) is 29.3 Å². The second-order valence-electron chi connectivity index (χ2n) is 3.97. The highest BCUT2D eigenvalue weighted by atomic mass is 32.1. The van der Waals surface area contributed by atoms with Crippen LogP contribution in [-0.2, 0) is 0 Å². The summed E-state index contributed by atoms with van der Waals surface area (Å²) < 4.78 is 6.98. The van der Waals surface area contributed by atoms with E-state index in [0.29, 0.717) is 0 Å². The largest absolute Gasteiger partial charge is 0.494 e. The topological polar surface area (TPSA) is 9.23 Å². The lowest BCUT2D eigenvalue weighted by Crippen LogP contribution is -1.96. The summed E-state index contributed by atoms with van der Waals surface area (Å²) in [5.74, 6) is 0.986. The van der Waals surface area contributed by atoms with E-state index in [0.717, 1.165) is 18.8 Å². The van der Waals surface area contributed by atoms with Gasteiger partial charge in [-0.1, -0.05) is 26.2 Å². The summed E-state index contributed by atoms with van der Waals surface area (Å²) in [6.07, 6.45) is 5.01. The van der Waals surface area contributed by atoms with Crippen LogP contribution in [0.25, 0.3) is 10.1 Å². The normalized spacial score (nSPS) is 10.8. The summed E-state index contributed by atoms with van der Waals surface area (Å²) in [7, 11) is 0. The van der Waals surface area contributed by atoms with E-state index in [-0.39, 0.29) is 0 Å². The van der Waals surface area contributed by atoms with E-state index < -0.39 is 0 Å². The van der Waals surface area contributed by atoms with Gasteiger partial charge in [-0.15, -0.1) is 11.3 Å². The zero-order valence-corrected chi connectivity index (χ0v) is 10.5. The molecular formula is C14H17OS. The molecule has 2 aromatic rings. The maximum absolute atomic E-state index is 5.72. The fourth-order valence-corrected chi connectivity index (χ4v) is 2.42. The predicted octanol–water partition coefficient (Wildman–Crippen LogP) is 4.66. The van der Waals surface area contributed by atoms with Gasteiger partial charge in [0.2, 0.25) is 0 Å². The Kier molecular flexibility index (Phi) is 4.23. The van der Waals surface area contributed by atoms with Gasteiger partial charge in [0.1, 0.15) is 5.75 Å². The van der Waals surface area contributed by atoms with E-state index in [2.05, 4.69) is 24.4 Å². The quantitative estimate of drug-likeness (QED) is 0.659. The van der Waals surface area contributed by atoms with Crippen LogP contribution >= 0.6 is 11.3 Å². The fraction of sp³-hybridized carbons (Fsp3) is 0.429. The number of hydrogen-bond acceptors (Lipinski definition) is 2. The van der Waals surface area contributed by atoms with Gasteiger partial charge in [0.05, 0.1) is 6.61 Å². The van der Waals surface area contributed by atoms with Crippen molar-refractivity contribution in [3.8, 4) is 5.75 Å². The first kappa shape index (κ1) is 11.5. The molecule has 0 saturated heterocycles. The summed E-state index contributed by atoms with van der Waals surface area (Å²) in [6.45, 7) is 3.06. The van der Waals surface area contributed by atoms with Crippen molar-refractivity contribution in [2.24, 2.45) is 0 Å². The summed E-state index contributed by atoms with van der Waals surface area (Å²) >= 11 is 1.64. The minimum absolute atomic E-state index is 0.834. The average Bonchev–Trinajstić information content (AvgIpc) is 2.76. The van der Waals surface area contributed by atoms with E-state index in [1.54, 1.807) is 11.3 Å². The van der Waals surface area contributed by atoms with Crippen LogP contribution in [0.4, 0.5) is 0 Å². The lowest BCUT2D eigenvalue weighted by Gasteiger charge is -2.05. The molecule has 1 nitrogen and oxygen atoms in total.